The zero-order valence-electron chi connectivity index (χ0n) is 6.30. The van der Waals surface area contributed by atoms with Gasteiger partial charge in [0.1, 0.15) is 12.7 Å². The molecule has 12 heavy (non-hydrogen) atoms. The Hall–Kier alpha value is -0.770. The number of carbonyl (C=O) groups excluding carboxylic acids is 1. The van der Waals surface area contributed by atoms with Gasteiger partial charge in [-0.2, -0.15) is 0 Å². The maximum absolute atomic E-state index is 10.4. The van der Waals surface area contributed by atoms with Crippen molar-refractivity contribution >= 4 is 14.0 Å². The molecule has 0 aliphatic rings. The van der Waals surface area contributed by atoms with Crippen molar-refractivity contribution in [3.05, 3.63) is 12.7 Å². The summed E-state index contributed by atoms with van der Waals surface area (Å²) in [6, 6.07) is 0. The van der Waals surface area contributed by atoms with Crippen LogP contribution in [0.1, 0.15) is 0 Å². The number of hydrogen-bond donors (Lipinski definition) is 1. The van der Waals surface area contributed by atoms with Crippen LogP contribution in [0.3, 0.4) is 0 Å². The quantitative estimate of drug-likeness (QED) is 0.349. The third kappa shape index (κ3) is 5.97. The molecule has 68 valence electrons. The number of rotatable bonds is 5. The molecule has 0 radical (unpaired) electrons. The minimum absolute atomic E-state index is 0.325. The number of hydrogen-bond acceptors (Lipinski definition) is 5. The molecule has 6 heteroatoms. The van der Waals surface area contributed by atoms with Crippen LogP contribution in [0.4, 0.5) is 0 Å². The molecule has 0 saturated carbocycles. The number of carbonyl (C=O) groups is 1. The monoisotopic (exact) mass is 192 g/mol. The first-order valence-corrected chi connectivity index (χ1v) is 4.51. The molecule has 5 nitrogen and oxygen atoms in total. The highest BCUT2D eigenvalue weighted by Gasteiger charge is 2.13. The van der Waals surface area contributed by atoms with Crippen LogP contribution in [-0.4, -0.2) is 29.9 Å². The standard InChI is InChI=1S/C6H9O5P/c1-2-6(8)11-3-5(7)4-12(9)10/h2,5,7H,1,3-4H2. The predicted molar refractivity (Wildman–Crippen MR) is 39.6 cm³/mol. The van der Waals surface area contributed by atoms with Crippen LogP contribution in [0, 0.1) is 0 Å². The predicted octanol–water partition coefficient (Wildman–Crippen LogP) is -0.821. The van der Waals surface area contributed by atoms with Crippen LogP contribution in [0.25, 0.3) is 0 Å². The Bertz CT molecular complexity index is 190. The lowest BCUT2D eigenvalue weighted by molar-refractivity contribution is -0.166. The van der Waals surface area contributed by atoms with Crippen molar-refractivity contribution in [2.75, 3.05) is 12.8 Å². The molecule has 0 rings (SSSR count). The van der Waals surface area contributed by atoms with E-state index in [9.17, 15) is 14.3 Å². The fourth-order valence-corrected chi connectivity index (χ4v) is 0.912. The van der Waals surface area contributed by atoms with E-state index in [-0.39, 0.29) is 6.61 Å². The molecule has 2 unspecified atom stereocenters. The van der Waals surface area contributed by atoms with Crippen LogP contribution < -0.4 is 4.89 Å². The second-order valence-electron chi connectivity index (χ2n) is 2.00. The smallest absolute Gasteiger partial charge is 0.330 e. The number of aliphatic hydroxyl groups is 1. The lowest BCUT2D eigenvalue weighted by Crippen LogP contribution is -2.21. The second-order valence-corrected chi connectivity index (χ2v) is 3.03. The average Bonchev–Trinajstić information content (AvgIpc) is 1.99. The summed E-state index contributed by atoms with van der Waals surface area (Å²) in [6.45, 7) is 2.80. The molecule has 0 aromatic rings. The molecule has 0 saturated heterocycles. The van der Waals surface area contributed by atoms with Crippen molar-refractivity contribution in [3.8, 4) is 0 Å². The summed E-state index contributed by atoms with van der Waals surface area (Å²) in [4.78, 5) is 20.4. The maximum Gasteiger partial charge on any atom is 0.330 e. The molecule has 0 aliphatic carbocycles. The molecular formula is C6H9O5P. The van der Waals surface area contributed by atoms with Gasteiger partial charge in [0.25, 0.3) is 0 Å². The topological polar surface area (TPSA) is 86.7 Å². The van der Waals surface area contributed by atoms with Gasteiger partial charge >= 0.3 is 14.0 Å². The third-order valence-corrected chi connectivity index (χ3v) is 1.66. The lowest BCUT2D eigenvalue weighted by Gasteiger charge is -2.04. The van der Waals surface area contributed by atoms with Gasteiger partial charge in [-0.15, -0.1) is 0 Å². The van der Waals surface area contributed by atoms with E-state index in [0.717, 1.165) is 6.08 Å². The van der Waals surface area contributed by atoms with Crippen LogP contribution >= 0.6 is 8.03 Å². The Morgan fingerprint density at radius 1 is 1.83 bits per heavy atom. The summed E-state index contributed by atoms with van der Waals surface area (Å²) < 4.78 is 14.4. The highest BCUT2D eigenvalue weighted by Crippen LogP contribution is 2.08. The molecular weight excluding hydrogens is 183 g/mol. The maximum atomic E-state index is 10.4. The summed E-state index contributed by atoms with van der Waals surface area (Å²) in [6.07, 6.45) is -0.626. The molecule has 1 N–H and O–H groups in total. The van der Waals surface area contributed by atoms with E-state index in [2.05, 4.69) is 11.3 Å². The van der Waals surface area contributed by atoms with Crippen molar-refractivity contribution in [3.63, 3.8) is 0 Å². The summed E-state index contributed by atoms with van der Waals surface area (Å²) in [7, 11) is -2.64. The zero-order chi connectivity index (χ0) is 9.56. The zero-order valence-corrected chi connectivity index (χ0v) is 7.20. The van der Waals surface area contributed by atoms with Gasteiger partial charge in [-0.1, -0.05) is 11.1 Å². The minimum atomic E-state index is -2.64. The highest BCUT2D eigenvalue weighted by atomic mass is 31.1. The Morgan fingerprint density at radius 3 is 2.83 bits per heavy atom. The average molecular weight is 192 g/mol. The summed E-state index contributed by atoms with van der Waals surface area (Å²) >= 11 is 0. The van der Waals surface area contributed by atoms with Crippen molar-refractivity contribution < 1.29 is 24.1 Å². The fraction of sp³-hybridized carbons (Fsp3) is 0.500. The largest absolute Gasteiger partial charge is 0.595 e. The molecule has 0 aromatic heterocycles. The van der Waals surface area contributed by atoms with Crippen LogP contribution in [0.15, 0.2) is 12.7 Å². The molecule has 0 heterocycles. The first-order chi connectivity index (χ1) is 5.56. The second kappa shape index (κ2) is 5.83. The van der Waals surface area contributed by atoms with Crippen LogP contribution in [0.5, 0.6) is 0 Å². The third-order valence-electron chi connectivity index (χ3n) is 0.944. The van der Waals surface area contributed by atoms with Gasteiger partial charge in [0.05, 0.1) is 0 Å². The Morgan fingerprint density at radius 2 is 2.42 bits per heavy atom. The van der Waals surface area contributed by atoms with E-state index in [1.165, 1.54) is 0 Å². The molecule has 0 amide bonds. The highest BCUT2D eigenvalue weighted by molar-refractivity contribution is 7.36. The normalized spacial score (nSPS) is 13.3. The number of ether oxygens (including phenoxy) is 1. The van der Waals surface area contributed by atoms with Gasteiger partial charge in [-0.3, -0.25) is 0 Å². The van der Waals surface area contributed by atoms with Crippen LogP contribution in [-0.2, 0) is 14.1 Å². The van der Waals surface area contributed by atoms with Crippen LogP contribution in [0.2, 0.25) is 0 Å². The van der Waals surface area contributed by atoms with E-state index in [4.69, 9.17) is 5.11 Å². The molecule has 0 bridgehead atoms. The summed E-state index contributed by atoms with van der Waals surface area (Å²) in [5.41, 5.74) is 0. The van der Waals surface area contributed by atoms with Gasteiger partial charge in [0.15, 0.2) is 6.16 Å². The Labute approximate surface area is 70.5 Å². The van der Waals surface area contributed by atoms with Crippen molar-refractivity contribution in [1.29, 1.82) is 0 Å². The summed E-state index contributed by atoms with van der Waals surface area (Å²) in [5, 5.41) is 8.87. The first-order valence-electron chi connectivity index (χ1n) is 3.15. The number of aliphatic hydroxyl groups excluding tert-OH is 1. The van der Waals surface area contributed by atoms with Crippen molar-refractivity contribution in [1.82, 2.24) is 0 Å². The van der Waals surface area contributed by atoms with Gasteiger partial charge < -0.3 is 14.7 Å². The summed E-state index contributed by atoms with van der Waals surface area (Å²) in [5.74, 6) is -0.685. The van der Waals surface area contributed by atoms with Gasteiger partial charge in [0, 0.05) is 6.08 Å². The van der Waals surface area contributed by atoms with Gasteiger partial charge in [0.2, 0.25) is 0 Å². The lowest BCUT2D eigenvalue weighted by atomic mass is 10.4. The van der Waals surface area contributed by atoms with Gasteiger partial charge in [-0.05, 0) is 0 Å². The van der Waals surface area contributed by atoms with E-state index in [1.54, 1.807) is 0 Å². The van der Waals surface area contributed by atoms with Crippen molar-refractivity contribution in [2.24, 2.45) is 0 Å². The Balaban J connectivity index is 3.56. The molecule has 0 spiro atoms. The Kier molecular flexibility index (Phi) is 5.45. The first kappa shape index (κ1) is 11.2. The van der Waals surface area contributed by atoms with E-state index in [1.807, 2.05) is 0 Å². The fourth-order valence-electron chi connectivity index (χ4n) is 0.462. The van der Waals surface area contributed by atoms with E-state index < -0.39 is 26.3 Å². The van der Waals surface area contributed by atoms with Crippen molar-refractivity contribution in [2.45, 2.75) is 6.10 Å². The van der Waals surface area contributed by atoms with E-state index >= 15 is 0 Å². The minimum Gasteiger partial charge on any atom is -0.595 e. The molecule has 2 atom stereocenters. The molecule has 0 aromatic carbocycles. The molecule has 0 aliphatic heterocycles. The number of esters is 1. The van der Waals surface area contributed by atoms with E-state index in [0.29, 0.717) is 0 Å². The molecule has 0 fully saturated rings. The SMILES string of the molecule is C=CC(=O)OCC(O)C[P+](=O)[O-]. The van der Waals surface area contributed by atoms with Gasteiger partial charge in [-0.25, -0.2) is 4.79 Å².